The normalized spacial score (nSPS) is 16.6. The van der Waals surface area contributed by atoms with Crippen LogP contribution in [0.4, 0.5) is 10.1 Å². The van der Waals surface area contributed by atoms with Gasteiger partial charge in [0.25, 0.3) is 0 Å². The summed E-state index contributed by atoms with van der Waals surface area (Å²) in [6.45, 7) is 0. The Labute approximate surface area is 100 Å². The van der Waals surface area contributed by atoms with Crippen LogP contribution in [0.2, 0.25) is 0 Å². The molecule has 0 heterocycles. The molecule has 1 aromatic rings. The second-order valence-corrected chi connectivity index (χ2v) is 4.64. The number of amides is 1. The molecule has 1 aliphatic rings. The molecule has 17 heavy (non-hydrogen) atoms. The minimum absolute atomic E-state index is 0.0569. The van der Waals surface area contributed by atoms with E-state index in [2.05, 4.69) is 0 Å². The van der Waals surface area contributed by atoms with E-state index in [-0.39, 0.29) is 17.8 Å². The summed E-state index contributed by atoms with van der Waals surface area (Å²) in [5, 5.41) is 0. The fourth-order valence-electron chi connectivity index (χ4n) is 1.86. The number of carbonyl (C=O) groups excluding carboxylic acids is 1. The predicted octanol–water partition coefficient (Wildman–Crippen LogP) is 1.92. The maximum Gasteiger partial charge on any atom is 0.228 e. The summed E-state index contributed by atoms with van der Waals surface area (Å²) < 4.78 is 13.0. The van der Waals surface area contributed by atoms with Crippen LogP contribution in [-0.4, -0.2) is 19.0 Å². The van der Waals surface area contributed by atoms with E-state index in [1.165, 1.54) is 17.0 Å². The van der Waals surface area contributed by atoms with Gasteiger partial charge in [0.2, 0.25) is 5.91 Å². The summed E-state index contributed by atoms with van der Waals surface area (Å²) in [5.74, 6) is 0.100. The van der Waals surface area contributed by atoms with Crippen LogP contribution in [0, 0.1) is 11.7 Å². The Balaban J connectivity index is 1.98. The number of nitrogens with zero attached hydrogens (tertiary/aromatic N) is 1. The van der Waals surface area contributed by atoms with Gasteiger partial charge in [0, 0.05) is 25.2 Å². The Kier molecular flexibility index (Phi) is 3.43. The Morgan fingerprint density at radius 2 is 2.29 bits per heavy atom. The minimum atomic E-state index is -0.339. The molecule has 3 nitrogen and oxygen atoms in total. The number of rotatable bonds is 4. The van der Waals surface area contributed by atoms with Gasteiger partial charge in [-0.3, -0.25) is 4.79 Å². The van der Waals surface area contributed by atoms with Gasteiger partial charge >= 0.3 is 0 Å². The van der Waals surface area contributed by atoms with Gasteiger partial charge in [0.05, 0.1) is 0 Å². The van der Waals surface area contributed by atoms with E-state index in [9.17, 15) is 9.18 Å². The van der Waals surface area contributed by atoms with Gasteiger partial charge in [0.15, 0.2) is 0 Å². The number of benzene rings is 1. The molecule has 0 bridgehead atoms. The van der Waals surface area contributed by atoms with Crippen molar-refractivity contribution in [3.8, 4) is 0 Å². The van der Waals surface area contributed by atoms with E-state index in [0.717, 1.165) is 12.8 Å². The second-order valence-electron chi connectivity index (χ2n) is 4.64. The van der Waals surface area contributed by atoms with E-state index in [1.807, 2.05) is 0 Å². The van der Waals surface area contributed by atoms with Crippen molar-refractivity contribution in [1.82, 2.24) is 0 Å². The van der Waals surface area contributed by atoms with Gasteiger partial charge in [-0.1, -0.05) is 6.07 Å². The first-order chi connectivity index (χ1) is 8.08. The van der Waals surface area contributed by atoms with Crippen molar-refractivity contribution in [2.24, 2.45) is 11.7 Å². The molecular weight excluding hydrogens is 219 g/mol. The smallest absolute Gasteiger partial charge is 0.228 e. The molecule has 1 fully saturated rings. The number of hydrogen-bond acceptors (Lipinski definition) is 2. The number of carbonyl (C=O) groups is 1. The highest BCUT2D eigenvalue weighted by Gasteiger charge is 2.30. The fraction of sp³-hybridized carbons (Fsp3) is 0.462. The average Bonchev–Trinajstić information content (AvgIpc) is 3.11. The summed E-state index contributed by atoms with van der Waals surface area (Å²) in [6, 6.07) is 5.95. The number of nitrogens with two attached hydrogens (primary N) is 1. The van der Waals surface area contributed by atoms with Crippen LogP contribution in [0.15, 0.2) is 24.3 Å². The average molecular weight is 236 g/mol. The highest BCUT2D eigenvalue weighted by molar-refractivity contribution is 5.93. The molecule has 1 atom stereocenters. The molecule has 2 N–H and O–H groups in total. The van der Waals surface area contributed by atoms with Gasteiger partial charge in [-0.05, 0) is 37.0 Å². The molecule has 92 valence electrons. The van der Waals surface area contributed by atoms with Gasteiger partial charge in [-0.2, -0.15) is 0 Å². The van der Waals surface area contributed by atoms with Crippen LogP contribution < -0.4 is 10.6 Å². The third kappa shape index (κ3) is 3.03. The van der Waals surface area contributed by atoms with Crippen molar-refractivity contribution in [3.63, 3.8) is 0 Å². The van der Waals surface area contributed by atoms with Crippen molar-refractivity contribution in [2.45, 2.75) is 25.3 Å². The van der Waals surface area contributed by atoms with E-state index in [4.69, 9.17) is 5.73 Å². The van der Waals surface area contributed by atoms with Crippen molar-refractivity contribution in [2.75, 3.05) is 11.9 Å². The number of hydrogen-bond donors (Lipinski definition) is 1. The van der Waals surface area contributed by atoms with Crippen molar-refractivity contribution >= 4 is 11.6 Å². The van der Waals surface area contributed by atoms with Crippen LogP contribution in [-0.2, 0) is 4.79 Å². The summed E-state index contributed by atoms with van der Waals surface area (Å²) >= 11 is 0. The molecule has 0 aliphatic heterocycles. The lowest BCUT2D eigenvalue weighted by Gasteiger charge is -2.19. The predicted molar refractivity (Wildman–Crippen MR) is 65.1 cm³/mol. The monoisotopic (exact) mass is 236 g/mol. The van der Waals surface area contributed by atoms with Crippen LogP contribution >= 0.6 is 0 Å². The molecule has 0 spiro atoms. The Morgan fingerprint density at radius 3 is 2.88 bits per heavy atom. The Morgan fingerprint density at radius 1 is 1.59 bits per heavy atom. The molecule has 0 saturated heterocycles. The molecule has 1 unspecified atom stereocenters. The molecule has 1 aromatic carbocycles. The maximum absolute atomic E-state index is 13.0. The summed E-state index contributed by atoms with van der Waals surface area (Å²) in [7, 11) is 1.65. The molecular formula is C13H17FN2O. The molecule has 0 aromatic heterocycles. The molecule has 1 saturated carbocycles. The van der Waals surface area contributed by atoms with Crippen molar-refractivity contribution in [1.29, 1.82) is 0 Å². The lowest BCUT2D eigenvalue weighted by Crippen LogP contribution is -2.34. The van der Waals surface area contributed by atoms with E-state index in [0.29, 0.717) is 18.0 Å². The van der Waals surface area contributed by atoms with E-state index in [1.54, 1.807) is 19.2 Å². The van der Waals surface area contributed by atoms with Gasteiger partial charge < -0.3 is 10.6 Å². The zero-order chi connectivity index (χ0) is 12.4. The van der Waals surface area contributed by atoms with Gasteiger partial charge in [-0.25, -0.2) is 4.39 Å². The lowest BCUT2D eigenvalue weighted by atomic mass is 10.1. The largest absolute Gasteiger partial charge is 0.327 e. The third-order valence-corrected chi connectivity index (χ3v) is 3.21. The molecule has 1 aliphatic carbocycles. The first-order valence-corrected chi connectivity index (χ1v) is 5.85. The van der Waals surface area contributed by atoms with Crippen LogP contribution in [0.3, 0.4) is 0 Å². The molecule has 1 amide bonds. The quantitative estimate of drug-likeness (QED) is 0.868. The number of anilines is 1. The first kappa shape index (κ1) is 12.0. The van der Waals surface area contributed by atoms with Crippen molar-refractivity contribution in [3.05, 3.63) is 30.1 Å². The highest BCUT2D eigenvalue weighted by Crippen LogP contribution is 2.33. The van der Waals surface area contributed by atoms with Crippen LogP contribution in [0.1, 0.15) is 19.3 Å². The third-order valence-electron chi connectivity index (χ3n) is 3.21. The van der Waals surface area contributed by atoms with Crippen molar-refractivity contribution < 1.29 is 9.18 Å². The van der Waals surface area contributed by atoms with E-state index >= 15 is 0 Å². The summed E-state index contributed by atoms with van der Waals surface area (Å²) in [5.41, 5.74) is 6.47. The molecule has 2 rings (SSSR count). The second kappa shape index (κ2) is 4.84. The van der Waals surface area contributed by atoms with Crippen LogP contribution in [0.25, 0.3) is 0 Å². The topological polar surface area (TPSA) is 46.3 Å². The van der Waals surface area contributed by atoms with Gasteiger partial charge in [-0.15, -0.1) is 0 Å². The fourth-order valence-corrected chi connectivity index (χ4v) is 1.86. The van der Waals surface area contributed by atoms with E-state index < -0.39 is 0 Å². The zero-order valence-corrected chi connectivity index (χ0v) is 9.90. The zero-order valence-electron chi connectivity index (χ0n) is 9.90. The Hall–Kier alpha value is -1.42. The highest BCUT2D eigenvalue weighted by atomic mass is 19.1. The molecule has 0 radical (unpaired) electrons. The SMILES string of the molecule is CN(C(=O)CC(N)C1CC1)c1cccc(F)c1. The van der Waals surface area contributed by atoms with Gasteiger partial charge in [0.1, 0.15) is 5.82 Å². The Bertz CT molecular complexity index is 418. The standard InChI is InChI=1S/C13H17FN2O/c1-16(11-4-2-3-10(14)7-11)13(17)8-12(15)9-5-6-9/h2-4,7,9,12H,5-6,8,15H2,1H3. The first-order valence-electron chi connectivity index (χ1n) is 5.85. The van der Waals surface area contributed by atoms with Crippen LogP contribution in [0.5, 0.6) is 0 Å². The maximum atomic E-state index is 13.0. The lowest BCUT2D eigenvalue weighted by molar-refractivity contribution is -0.118. The minimum Gasteiger partial charge on any atom is -0.327 e. The number of halogens is 1. The summed E-state index contributed by atoms with van der Waals surface area (Å²) in [6.07, 6.45) is 2.58. The summed E-state index contributed by atoms with van der Waals surface area (Å²) in [4.78, 5) is 13.4. The molecule has 4 heteroatoms.